The monoisotopic (exact) mass is 295 g/mol. The first-order chi connectivity index (χ1) is 9.61. The highest BCUT2D eigenvalue weighted by molar-refractivity contribution is 6.31. The molecule has 0 aliphatic rings. The molecule has 2 aromatic rings. The van der Waals surface area contributed by atoms with Crippen LogP contribution in [0.25, 0.3) is 11.1 Å². The summed E-state index contributed by atoms with van der Waals surface area (Å²) in [4.78, 5) is 0. The highest BCUT2D eigenvalue weighted by atomic mass is 35.5. The van der Waals surface area contributed by atoms with E-state index in [1.165, 1.54) is 24.3 Å². The summed E-state index contributed by atoms with van der Waals surface area (Å²) < 4.78 is 26.7. The lowest BCUT2D eigenvalue weighted by molar-refractivity contribution is 0.625. The Balaban J connectivity index is 2.37. The van der Waals surface area contributed by atoms with Crippen LogP contribution >= 0.6 is 11.6 Å². The van der Waals surface area contributed by atoms with Gasteiger partial charge in [0.1, 0.15) is 11.6 Å². The minimum Gasteiger partial charge on any atom is -0.313 e. The van der Waals surface area contributed by atoms with Crippen LogP contribution in [-0.2, 0) is 6.54 Å². The van der Waals surface area contributed by atoms with Crippen LogP contribution < -0.4 is 5.32 Å². The summed E-state index contributed by atoms with van der Waals surface area (Å²) in [6, 6.07) is 9.05. The summed E-state index contributed by atoms with van der Waals surface area (Å²) in [5.41, 5.74) is 2.40. The summed E-state index contributed by atoms with van der Waals surface area (Å²) in [6.07, 6.45) is 1.03. The van der Waals surface area contributed by atoms with E-state index in [-0.39, 0.29) is 10.8 Å². The number of halogens is 3. The zero-order valence-electron chi connectivity index (χ0n) is 11.2. The highest BCUT2D eigenvalue weighted by Crippen LogP contribution is 2.28. The number of hydrogen-bond donors (Lipinski definition) is 1. The average molecular weight is 296 g/mol. The van der Waals surface area contributed by atoms with Crippen molar-refractivity contribution in [1.82, 2.24) is 5.32 Å². The molecule has 0 unspecified atom stereocenters. The quantitative estimate of drug-likeness (QED) is 0.782. The smallest absolute Gasteiger partial charge is 0.141 e. The Bertz CT molecular complexity index is 599. The minimum absolute atomic E-state index is 0.0410. The van der Waals surface area contributed by atoms with E-state index < -0.39 is 5.82 Å². The largest absolute Gasteiger partial charge is 0.313 e. The van der Waals surface area contributed by atoms with Crippen molar-refractivity contribution in [2.24, 2.45) is 0 Å². The van der Waals surface area contributed by atoms with E-state index in [9.17, 15) is 8.78 Å². The summed E-state index contributed by atoms with van der Waals surface area (Å²) in [5, 5.41) is 3.32. The highest BCUT2D eigenvalue weighted by Gasteiger charge is 2.09. The molecule has 0 heterocycles. The number of nitrogens with one attached hydrogen (secondary N) is 1. The third kappa shape index (κ3) is 3.56. The summed E-state index contributed by atoms with van der Waals surface area (Å²) >= 11 is 5.80. The lowest BCUT2D eigenvalue weighted by Crippen LogP contribution is -2.14. The fraction of sp³-hybridized carbons (Fsp3) is 0.250. The van der Waals surface area contributed by atoms with Gasteiger partial charge in [0.05, 0.1) is 5.02 Å². The first-order valence-corrected chi connectivity index (χ1v) is 6.94. The molecule has 2 aromatic carbocycles. The van der Waals surface area contributed by atoms with Crippen molar-refractivity contribution in [3.05, 3.63) is 58.6 Å². The molecule has 0 aliphatic carbocycles. The SMILES string of the molecule is CCCNCc1ccc(F)cc1-c1ccc(F)c(Cl)c1. The van der Waals surface area contributed by atoms with Gasteiger partial charge in [0, 0.05) is 6.54 Å². The van der Waals surface area contributed by atoms with E-state index in [1.807, 2.05) is 0 Å². The van der Waals surface area contributed by atoms with Gasteiger partial charge < -0.3 is 5.32 Å². The lowest BCUT2D eigenvalue weighted by Gasteiger charge is -2.11. The molecule has 0 fully saturated rings. The first-order valence-electron chi connectivity index (χ1n) is 6.56. The van der Waals surface area contributed by atoms with Gasteiger partial charge in [-0.2, -0.15) is 0 Å². The van der Waals surface area contributed by atoms with Crippen molar-refractivity contribution in [1.29, 1.82) is 0 Å². The molecule has 20 heavy (non-hydrogen) atoms. The molecule has 0 radical (unpaired) electrons. The second-order valence-corrected chi connectivity index (χ2v) is 5.01. The van der Waals surface area contributed by atoms with Crippen molar-refractivity contribution in [2.45, 2.75) is 19.9 Å². The van der Waals surface area contributed by atoms with Crippen molar-refractivity contribution >= 4 is 11.6 Å². The Labute approximate surface area is 122 Å². The standard InChI is InChI=1S/C16H16ClF2N/c1-2-7-20-10-12-3-5-13(18)9-14(12)11-4-6-16(19)15(17)8-11/h3-6,8-9,20H,2,7,10H2,1H3. The first kappa shape index (κ1) is 14.9. The Morgan fingerprint density at radius 2 is 1.90 bits per heavy atom. The minimum atomic E-state index is -0.475. The van der Waals surface area contributed by atoms with Crippen LogP contribution in [0.5, 0.6) is 0 Å². The third-order valence-corrected chi connectivity index (χ3v) is 3.33. The van der Waals surface area contributed by atoms with E-state index in [2.05, 4.69) is 12.2 Å². The second kappa shape index (κ2) is 6.82. The van der Waals surface area contributed by atoms with Crippen LogP contribution in [0.2, 0.25) is 5.02 Å². The van der Waals surface area contributed by atoms with Crippen LogP contribution in [0.3, 0.4) is 0 Å². The maximum absolute atomic E-state index is 13.5. The predicted octanol–water partition coefficient (Wildman–Crippen LogP) is 4.78. The zero-order chi connectivity index (χ0) is 14.5. The van der Waals surface area contributed by atoms with Gasteiger partial charge in [-0.3, -0.25) is 0 Å². The molecule has 0 saturated heterocycles. The van der Waals surface area contributed by atoms with E-state index in [0.29, 0.717) is 12.1 Å². The second-order valence-electron chi connectivity index (χ2n) is 4.61. The summed E-state index contributed by atoms with van der Waals surface area (Å²) in [5.74, 6) is -0.794. The molecule has 1 nitrogen and oxygen atoms in total. The van der Waals surface area contributed by atoms with Gasteiger partial charge in [0.2, 0.25) is 0 Å². The van der Waals surface area contributed by atoms with Crippen molar-refractivity contribution in [3.8, 4) is 11.1 Å². The van der Waals surface area contributed by atoms with Crippen LogP contribution in [0.1, 0.15) is 18.9 Å². The molecule has 106 valence electrons. The van der Waals surface area contributed by atoms with Gasteiger partial charge in [-0.1, -0.05) is 30.7 Å². The van der Waals surface area contributed by atoms with Gasteiger partial charge in [-0.25, -0.2) is 8.78 Å². The molecule has 0 atom stereocenters. The zero-order valence-corrected chi connectivity index (χ0v) is 12.0. The third-order valence-electron chi connectivity index (χ3n) is 3.04. The fourth-order valence-corrected chi connectivity index (χ4v) is 2.22. The molecule has 2 rings (SSSR count). The van der Waals surface area contributed by atoms with Gasteiger partial charge in [-0.05, 0) is 53.9 Å². The van der Waals surface area contributed by atoms with Crippen LogP contribution in [0.4, 0.5) is 8.78 Å². The molecule has 0 spiro atoms. The van der Waals surface area contributed by atoms with Crippen molar-refractivity contribution in [2.75, 3.05) is 6.54 Å². The van der Waals surface area contributed by atoms with Crippen LogP contribution in [0, 0.1) is 11.6 Å². The van der Waals surface area contributed by atoms with Crippen LogP contribution in [0.15, 0.2) is 36.4 Å². The Morgan fingerprint density at radius 1 is 1.10 bits per heavy atom. The predicted molar refractivity (Wildman–Crippen MR) is 78.8 cm³/mol. The Kier molecular flexibility index (Phi) is 5.10. The topological polar surface area (TPSA) is 12.0 Å². The average Bonchev–Trinajstić information content (AvgIpc) is 2.44. The maximum atomic E-state index is 13.5. The van der Waals surface area contributed by atoms with E-state index in [0.717, 1.165) is 24.1 Å². The normalized spacial score (nSPS) is 10.8. The summed E-state index contributed by atoms with van der Waals surface area (Å²) in [6.45, 7) is 3.61. The number of rotatable bonds is 5. The lowest BCUT2D eigenvalue weighted by atomic mass is 9.99. The molecule has 0 aromatic heterocycles. The molecular formula is C16H16ClF2N. The molecule has 0 bridgehead atoms. The van der Waals surface area contributed by atoms with Gasteiger partial charge in [0.15, 0.2) is 0 Å². The molecule has 1 N–H and O–H groups in total. The van der Waals surface area contributed by atoms with Crippen molar-refractivity contribution in [3.63, 3.8) is 0 Å². The molecule has 4 heteroatoms. The Hall–Kier alpha value is -1.45. The van der Waals surface area contributed by atoms with E-state index >= 15 is 0 Å². The molecular weight excluding hydrogens is 280 g/mol. The molecule has 0 amide bonds. The van der Waals surface area contributed by atoms with E-state index in [1.54, 1.807) is 12.1 Å². The maximum Gasteiger partial charge on any atom is 0.141 e. The fourth-order valence-electron chi connectivity index (χ4n) is 2.04. The van der Waals surface area contributed by atoms with Crippen molar-refractivity contribution < 1.29 is 8.78 Å². The molecule has 0 saturated carbocycles. The Morgan fingerprint density at radius 3 is 2.60 bits per heavy atom. The van der Waals surface area contributed by atoms with Crippen LogP contribution in [-0.4, -0.2) is 6.54 Å². The summed E-state index contributed by atoms with van der Waals surface area (Å²) in [7, 11) is 0. The van der Waals surface area contributed by atoms with E-state index in [4.69, 9.17) is 11.6 Å². The number of benzene rings is 2. The van der Waals surface area contributed by atoms with Gasteiger partial charge in [-0.15, -0.1) is 0 Å². The number of hydrogen-bond acceptors (Lipinski definition) is 1. The van der Waals surface area contributed by atoms with Gasteiger partial charge in [0.25, 0.3) is 0 Å². The van der Waals surface area contributed by atoms with Gasteiger partial charge >= 0.3 is 0 Å². The molecule has 0 aliphatic heterocycles.